The second-order valence-electron chi connectivity index (χ2n) is 7.85. The van der Waals surface area contributed by atoms with Crippen LogP contribution in [0.2, 0.25) is 0 Å². The van der Waals surface area contributed by atoms with Crippen molar-refractivity contribution in [3.63, 3.8) is 0 Å². The summed E-state index contributed by atoms with van der Waals surface area (Å²) in [5, 5.41) is 2.97. The molecule has 1 saturated heterocycles. The molecular weight excluding hydrogens is 438 g/mol. The topological polar surface area (TPSA) is 72.0 Å². The van der Waals surface area contributed by atoms with Crippen molar-refractivity contribution in [2.75, 3.05) is 40.4 Å². The lowest BCUT2D eigenvalue weighted by atomic mass is 10.1. The van der Waals surface area contributed by atoms with E-state index in [1.54, 1.807) is 48.7 Å². The molecule has 0 atom stereocenters. The lowest BCUT2D eigenvalue weighted by Gasteiger charge is -2.34. The van der Waals surface area contributed by atoms with Crippen molar-refractivity contribution < 1.29 is 19.1 Å². The first-order valence-corrected chi connectivity index (χ1v) is 11.7. The van der Waals surface area contributed by atoms with Gasteiger partial charge >= 0.3 is 0 Å². The Kier molecular flexibility index (Phi) is 7.24. The van der Waals surface area contributed by atoms with E-state index in [1.807, 2.05) is 28.5 Å². The molecule has 1 fully saturated rings. The van der Waals surface area contributed by atoms with Gasteiger partial charge in [0.15, 0.2) is 0 Å². The SMILES string of the molecule is COc1cc(OC)cc(C(=O)N2CCN(C(=O)Cc3csc(Cc4ccccc4)n3)CC2)c1. The Labute approximate surface area is 197 Å². The van der Waals surface area contributed by atoms with Crippen LogP contribution < -0.4 is 9.47 Å². The summed E-state index contributed by atoms with van der Waals surface area (Å²) in [5.74, 6) is 1.09. The summed E-state index contributed by atoms with van der Waals surface area (Å²) in [4.78, 5) is 34.0. The van der Waals surface area contributed by atoms with Crippen molar-refractivity contribution in [1.82, 2.24) is 14.8 Å². The zero-order valence-corrected chi connectivity index (χ0v) is 19.6. The second kappa shape index (κ2) is 10.5. The van der Waals surface area contributed by atoms with Gasteiger partial charge in [-0.3, -0.25) is 9.59 Å². The number of ether oxygens (including phenoxy) is 2. The van der Waals surface area contributed by atoms with Crippen LogP contribution >= 0.6 is 11.3 Å². The van der Waals surface area contributed by atoms with Gasteiger partial charge in [-0.05, 0) is 17.7 Å². The molecule has 0 radical (unpaired) electrons. The van der Waals surface area contributed by atoms with Gasteiger partial charge in [-0.1, -0.05) is 30.3 Å². The van der Waals surface area contributed by atoms with Crippen molar-refractivity contribution in [2.45, 2.75) is 12.8 Å². The van der Waals surface area contributed by atoms with Gasteiger partial charge in [-0.15, -0.1) is 11.3 Å². The van der Waals surface area contributed by atoms with Gasteiger partial charge in [0, 0.05) is 49.6 Å². The third kappa shape index (κ3) is 5.70. The van der Waals surface area contributed by atoms with Crippen LogP contribution in [0.5, 0.6) is 11.5 Å². The molecule has 1 aromatic heterocycles. The standard InChI is InChI=1S/C25H27N3O4S/c1-31-21-13-19(14-22(16-21)32-2)25(30)28-10-8-27(9-11-28)24(29)15-20-17-33-23(26-20)12-18-6-4-3-5-7-18/h3-7,13-14,16-17H,8-12,15H2,1-2H3. The molecule has 0 unspecified atom stereocenters. The third-order valence-electron chi connectivity index (χ3n) is 5.65. The lowest BCUT2D eigenvalue weighted by Crippen LogP contribution is -2.51. The molecule has 2 heterocycles. The zero-order chi connectivity index (χ0) is 23.2. The van der Waals surface area contributed by atoms with Crippen LogP contribution in [0.3, 0.4) is 0 Å². The summed E-state index contributed by atoms with van der Waals surface area (Å²) in [5.41, 5.74) is 2.52. The number of hydrogen-bond acceptors (Lipinski definition) is 6. The summed E-state index contributed by atoms with van der Waals surface area (Å²) in [7, 11) is 3.11. The number of hydrogen-bond donors (Lipinski definition) is 0. The van der Waals surface area contributed by atoms with Crippen molar-refractivity contribution in [1.29, 1.82) is 0 Å². The molecule has 0 saturated carbocycles. The molecule has 172 valence electrons. The maximum atomic E-state index is 13.0. The van der Waals surface area contributed by atoms with Crippen LogP contribution in [0.4, 0.5) is 0 Å². The van der Waals surface area contributed by atoms with E-state index < -0.39 is 0 Å². The molecule has 8 heteroatoms. The van der Waals surface area contributed by atoms with Gasteiger partial charge in [0.05, 0.1) is 31.3 Å². The lowest BCUT2D eigenvalue weighted by molar-refractivity contribution is -0.132. The molecule has 1 aliphatic heterocycles. The maximum absolute atomic E-state index is 13.0. The molecule has 2 amide bonds. The highest BCUT2D eigenvalue weighted by Crippen LogP contribution is 2.24. The number of rotatable bonds is 7. The number of piperazine rings is 1. The molecule has 1 aliphatic rings. The highest BCUT2D eigenvalue weighted by Gasteiger charge is 2.26. The minimum absolute atomic E-state index is 0.0432. The van der Waals surface area contributed by atoms with Gasteiger partial charge in [-0.25, -0.2) is 4.98 Å². The number of methoxy groups -OCH3 is 2. The molecule has 0 spiro atoms. The number of carbonyl (C=O) groups excluding carboxylic acids is 2. The smallest absolute Gasteiger partial charge is 0.254 e. The Morgan fingerprint density at radius 1 is 0.939 bits per heavy atom. The van der Waals surface area contributed by atoms with E-state index >= 15 is 0 Å². The molecule has 2 aromatic carbocycles. The van der Waals surface area contributed by atoms with Crippen molar-refractivity contribution in [2.24, 2.45) is 0 Å². The summed E-state index contributed by atoms with van der Waals surface area (Å²) >= 11 is 1.59. The van der Waals surface area contributed by atoms with Crippen molar-refractivity contribution >= 4 is 23.2 Å². The fourth-order valence-electron chi connectivity index (χ4n) is 3.82. The number of carbonyl (C=O) groups is 2. The quantitative estimate of drug-likeness (QED) is 0.536. The maximum Gasteiger partial charge on any atom is 0.254 e. The Morgan fingerprint density at radius 3 is 2.21 bits per heavy atom. The predicted octanol–water partition coefficient (Wildman–Crippen LogP) is 3.28. The van der Waals surface area contributed by atoms with Crippen LogP contribution in [0.15, 0.2) is 53.9 Å². The Morgan fingerprint density at radius 2 is 1.58 bits per heavy atom. The average Bonchev–Trinajstić information content (AvgIpc) is 3.30. The van der Waals surface area contributed by atoms with Crippen LogP contribution in [0, 0.1) is 0 Å². The zero-order valence-electron chi connectivity index (χ0n) is 18.8. The highest BCUT2D eigenvalue weighted by atomic mass is 32.1. The Bertz CT molecular complexity index is 1090. The largest absolute Gasteiger partial charge is 0.497 e. The number of benzene rings is 2. The van der Waals surface area contributed by atoms with Gasteiger partial charge < -0.3 is 19.3 Å². The highest BCUT2D eigenvalue weighted by molar-refractivity contribution is 7.09. The van der Waals surface area contributed by atoms with Gasteiger partial charge in [0.2, 0.25) is 5.91 Å². The van der Waals surface area contributed by atoms with E-state index in [0.717, 1.165) is 17.1 Å². The first-order valence-electron chi connectivity index (χ1n) is 10.8. The fourth-order valence-corrected chi connectivity index (χ4v) is 4.65. The van der Waals surface area contributed by atoms with Crippen molar-refractivity contribution in [3.05, 3.63) is 75.7 Å². The van der Waals surface area contributed by atoms with Crippen LogP contribution in [-0.4, -0.2) is 67.0 Å². The minimum Gasteiger partial charge on any atom is -0.497 e. The molecule has 3 aromatic rings. The monoisotopic (exact) mass is 465 g/mol. The molecule has 0 N–H and O–H groups in total. The summed E-state index contributed by atoms with van der Waals surface area (Å²) in [6.07, 6.45) is 1.06. The van der Waals surface area contributed by atoms with E-state index in [4.69, 9.17) is 9.47 Å². The normalized spacial score (nSPS) is 13.6. The minimum atomic E-state index is -0.0932. The molecule has 0 bridgehead atoms. The number of thiazole rings is 1. The van der Waals surface area contributed by atoms with Crippen LogP contribution in [0.1, 0.15) is 26.6 Å². The van der Waals surface area contributed by atoms with Gasteiger partial charge in [0.1, 0.15) is 11.5 Å². The van der Waals surface area contributed by atoms with Gasteiger partial charge in [-0.2, -0.15) is 0 Å². The first kappa shape index (κ1) is 22.8. The summed E-state index contributed by atoms with van der Waals surface area (Å²) in [6, 6.07) is 15.3. The first-order chi connectivity index (χ1) is 16.1. The fraction of sp³-hybridized carbons (Fsp3) is 0.320. The average molecular weight is 466 g/mol. The molecular formula is C25H27N3O4S. The van der Waals surface area contributed by atoms with E-state index in [2.05, 4.69) is 17.1 Å². The van der Waals surface area contributed by atoms with Crippen LogP contribution in [0.25, 0.3) is 0 Å². The molecule has 33 heavy (non-hydrogen) atoms. The summed E-state index contributed by atoms with van der Waals surface area (Å²) in [6.45, 7) is 1.99. The number of nitrogens with zero attached hydrogens (tertiary/aromatic N) is 3. The van der Waals surface area contributed by atoms with E-state index in [9.17, 15) is 9.59 Å². The molecule has 0 aliphatic carbocycles. The molecule has 7 nitrogen and oxygen atoms in total. The van der Waals surface area contributed by atoms with Crippen molar-refractivity contribution in [3.8, 4) is 11.5 Å². The van der Waals surface area contributed by atoms with E-state index in [1.165, 1.54) is 5.56 Å². The number of aromatic nitrogens is 1. The van der Waals surface area contributed by atoms with E-state index in [0.29, 0.717) is 43.2 Å². The van der Waals surface area contributed by atoms with Crippen LogP contribution in [-0.2, 0) is 17.6 Å². The molecule has 4 rings (SSSR count). The van der Waals surface area contributed by atoms with Gasteiger partial charge in [0.25, 0.3) is 5.91 Å². The predicted molar refractivity (Wildman–Crippen MR) is 127 cm³/mol. The Balaban J connectivity index is 1.31. The third-order valence-corrected chi connectivity index (χ3v) is 6.55. The number of amides is 2. The van der Waals surface area contributed by atoms with E-state index in [-0.39, 0.29) is 18.2 Å². The Hall–Kier alpha value is -3.39. The summed E-state index contributed by atoms with van der Waals surface area (Å²) < 4.78 is 10.5. The second-order valence-corrected chi connectivity index (χ2v) is 8.79.